The van der Waals surface area contributed by atoms with E-state index in [1.54, 1.807) is 0 Å². The van der Waals surface area contributed by atoms with Crippen molar-refractivity contribution in [2.75, 3.05) is 0 Å². The Bertz CT molecular complexity index is 211. The number of rotatable bonds is 2. The van der Waals surface area contributed by atoms with Crippen molar-refractivity contribution in [1.29, 1.82) is 0 Å². The Labute approximate surface area is 100 Å². The van der Waals surface area contributed by atoms with Gasteiger partial charge in [0.2, 0.25) is 0 Å². The molecule has 1 rings (SSSR count). The van der Waals surface area contributed by atoms with Crippen LogP contribution in [0.2, 0.25) is 5.02 Å². The summed E-state index contributed by atoms with van der Waals surface area (Å²) in [6, 6.07) is 7.89. The maximum absolute atomic E-state index is 5.70. The second-order valence-electron chi connectivity index (χ2n) is 2.33. The molecule has 0 aliphatic heterocycles. The predicted molar refractivity (Wildman–Crippen MR) is 56.8 cm³/mol. The zero-order chi connectivity index (χ0) is 10.1. The fourth-order valence-corrected chi connectivity index (χ4v) is 0.981. The van der Waals surface area contributed by atoms with E-state index in [1.807, 2.05) is 24.3 Å². The van der Waals surface area contributed by atoms with Crippen molar-refractivity contribution >= 4 is 31.0 Å². The number of aryl methyl sites for hydroxylation is 1. The molecule has 0 aliphatic rings. The summed E-state index contributed by atoms with van der Waals surface area (Å²) in [5.74, 6) is 0. The first kappa shape index (κ1) is 13.7. The summed E-state index contributed by atoms with van der Waals surface area (Å²) in [7, 11) is 9.90. The van der Waals surface area contributed by atoms with Gasteiger partial charge in [0.25, 0.3) is 0 Å². The third-order valence-corrected chi connectivity index (χ3v) is 1.63. The molecule has 0 aromatic heterocycles. The van der Waals surface area contributed by atoms with Gasteiger partial charge in [-0.1, -0.05) is 30.7 Å². The molecule has 0 unspecified atom stereocenters. The summed E-state index contributed by atoms with van der Waals surface area (Å²) < 4.78 is 0. The Balaban J connectivity index is 0.000000424. The Morgan fingerprint density at radius 3 is 2.00 bits per heavy atom. The van der Waals surface area contributed by atoms with Gasteiger partial charge < -0.3 is 0 Å². The number of hydrogen-bond acceptors (Lipinski definition) is 0. The molecule has 0 aliphatic carbocycles. The Morgan fingerprint density at radius 2 is 1.62 bits per heavy atom. The van der Waals surface area contributed by atoms with E-state index in [-0.39, 0.29) is 0 Å². The molecule has 0 spiro atoms. The van der Waals surface area contributed by atoms with Crippen LogP contribution in [0.1, 0.15) is 12.0 Å². The van der Waals surface area contributed by atoms with Crippen molar-refractivity contribution in [3.8, 4) is 0 Å². The minimum atomic E-state index is -0.931. The molecule has 1 aromatic carbocycles. The average Bonchev–Trinajstić information content (AvgIpc) is 2.11. The van der Waals surface area contributed by atoms with Gasteiger partial charge in [0.05, 0.1) is 0 Å². The second-order valence-corrected chi connectivity index (χ2v) is 7.39. The van der Waals surface area contributed by atoms with E-state index in [4.69, 9.17) is 31.0 Å². The quantitative estimate of drug-likeness (QED) is 0.704. The molecular formula is C9H10Cl3Zn. The van der Waals surface area contributed by atoms with Gasteiger partial charge in [0.1, 0.15) is 0 Å². The van der Waals surface area contributed by atoms with Crippen LogP contribution in [-0.2, 0) is 21.6 Å². The molecular weight excluding hydrogens is 280 g/mol. The predicted octanol–water partition coefficient (Wildman–Crippen LogP) is 4.48. The summed E-state index contributed by atoms with van der Waals surface area (Å²) in [4.78, 5) is 0. The standard InChI is InChI=1S/C9H10Cl.2ClH.Zn/c1-2-3-8-4-6-9(10)7-5-8;;;/h4-7H,1-3H2;2*1H;/q;;;+2/p-2. The second kappa shape index (κ2) is 9.28. The number of halogens is 3. The first-order chi connectivity index (χ1) is 6.24. The van der Waals surface area contributed by atoms with Gasteiger partial charge in [-0.25, -0.2) is 0 Å². The van der Waals surface area contributed by atoms with Gasteiger partial charge in [-0.15, -0.1) is 0 Å². The summed E-state index contributed by atoms with van der Waals surface area (Å²) >= 11 is 4.77. The van der Waals surface area contributed by atoms with Gasteiger partial charge in [0.15, 0.2) is 0 Å². The van der Waals surface area contributed by atoms with Crippen molar-refractivity contribution in [1.82, 2.24) is 0 Å². The van der Waals surface area contributed by atoms with E-state index in [2.05, 4.69) is 6.92 Å². The van der Waals surface area contributed by atoms with E-state index >= 15 is 0 Å². The molecule has 0 bridgehead atoms. The first-order valence-electron chi connectivity index (χ1n) is 3.90. The molecule has 1 radical (unpaired) electrons. The van der Waals surface area contributed by atoms with Crippen LogP contribution in [0.15, 0.2) is 24.3 Å². The molecule has 4 heteroatoms. The monoisotopic (exact) mass is 287 g/mol. The fraction of sp³-hybridized carbons (Fsp3) is 0.222. The molecule has 0 amide bonds. The zero-order valence-corrected chi connectivity index (χ0v) is 12.5. The normalized spacial score (nSPS) is 8.31. The fourth-order valence-electron chi connectivity index (χ4n) is 0.855. The number of hydrogen-bond donors (Lipinski definition) is 0. The van der Waals surface area contributed by atoms with Crippen LogP contribution in [0.5, 0.6) is 0 Å². The summed E-state index contributed by atoms with van der Waals surface area (Å²) in [6.45, 7) is 3.77. The molecule has 0 saturated carbocycles. The summed E-state index contributed by atoms with van der Waals surface area (Å²) in [5, 5.41) is 0.799. The van der Waals surface area contributed by atoms with Crippen molar-refractivity contribution in [3.05, 3.63) is 41.8 Å². The molecule has 0 heterocycles. The maximum atomic E-state index is 5.70. The summed E-state index contributed by atoms with van der Waals surface area (Å²) in [5.41, 5.74) is 1.31. The van der Waals surface area contributed by atoms with E-state index in [1.165, 1.54) is 5.56 Å². The Hall–Kier alpha value is 0.713. The summed E-state index contributed by atoms with van der Waals surface area (Å²) in [6.07, 6.45) is 1.98. The van der Waals surface area contributed by atoms with Crippen molar-refractivity contribution in [3.63, 3.8) is 0 Å². The van der Waals surface area contributed by atoms with Crippen LogP contribution >= 0.6 is 31.0 Å². The Kier molecular flexibility index (Phi) is 9.78. The third-order valence-electron chi connectivity index (χ3n) is 1.38. The Morgan fingerprint density at radius 1 is 1.15 bits per heavy atom. The topological polar surface area (TPSA) is 0 Å². The van der Waals surface area contributed by atoms with Gasteiger partial charge in [0, 0.05) is 5.02 Å². The average molecular weight is 290 g/mol. The molecule has 1 aromatic rings. The van der Waals surface area contributed by atoms with Crippen molar-refractivity contribution in [2.24, 2.45) is 0 Å². The molecule has 69 valence electrons. The van der Waals surface area contributed by atoms with Crippen LogP contribution in [0.3, 0.4) is 0 Å². The SMILES string of the molecule is [CH2]CCc1ccc(Cl)cc1.[Cl][Zn][Cl]. The molecule has 0 saturated heterocycles. The first-order valence-corrected chi connectivity index (χ1v) is 12.1. The van der Waals surface area contributed by atoms with E-state index in [0.29, 0.717) is 0 Å². The van der Waals surface area contributed by atoms with Crippen LogP contribution in [0.25, 0.3) is 0 Å². The van der Waals surface area contributed by atoms with Gasteiger partial charge in [-0.2, -0.15) is 0 Å². The molecule has 0 atom stereocenters. The molecule has 13 heavy (non-hydrogen) atoms. The van der Waals surface area contributed by atoms with Crippen molar-refractivity contribution < 1.29 is 15.1 Å². The minimum absolute atomic E-state index is 0.799. The van der Waals surface area contributed by atoms with Crippen LogP contribution < -0.4 is 0 Å². The van der Waals surface area contributed by atoms with E-state index in [9.17, 15) is 0 Å². The van der Waals surface area contributed by atoms with Crippen LogP contribution in [-0.4, -0.2) is 0 Å². The van der Waals surface area contributed by atoms with E-state index in [0.717, 1.165) is 17.9 Å². The van der Waals surface area contributed by atoms with Crippen LogP contribution in [0.4, 0.5) is 0 Å². The molecule has 0 nitrogen and oxygen atoms in total. The zero-order valence-electron chi connectivity index (χ0n) is 7.27. The van der Waals surface area contributed by atoms with Crippen LogP contribution in [0, 0.1) is 6.92 Å². The van der Waals surface area contributed by atoms with Gasteiger partial charge in [-0.05, 0) is 30.5 Å². The van der Waals surface area contributed by atoms with Gasteiger partial charge in [-0.3, -0.25) is 0 Å². The molecule has 0 N–H and O–H groups in total. The van der Waals surface area contributed by atoms with Crippen molar-refractivity contribution in [2.45, 2.75) is 12.8 Å². The third kappa shape index (κ3) is 7.76. The van der Waals surface area contributed by atoms with E-state index < -0.39 is 15.1 Å². The van der Waals surface area contributed by atoms with Gasteiger partial charge >= 0.3 is 34.5 Å². The number of benzene rings is 1. The molecule has 0 fully saturated rings.